The monoisotopic (exact) mass is 268 g/mol. The smallest absolute Gasteiger partial charge is 0.339 e. The molecule has 2 nitrogen and oxygen atoms in total. The molecule has 0 bridgehead atoms. The molecule has 0 aromatic carbocycles. The van der Waals surface area contributed by atoms with Crippen LogP contribution in [0.4, 0.5) is 0 Å². The highest BCUT2D eigenvalue weighted by Gasteiger charge is 2.36. The van der Waals surface area contributed by atoms with E-state index in [9.17, 15) is 0 Å². The first-order valence-corrected chi connectivity index (χ1v) is 9.54. The largest absolute Gasteiger partial charge is 0.394 e. The Hall–Kier alpha value is -0.383. The lowest BCUT2D eigenvalue weighted by molar-refractivity contribution is 0.191. The molecule has 0 saturated carbocycles. The van der Waals surface area contributed by atoms with Gasteiger partial charge in [-0.15, -0.1) is 0 Å². The summed E-state index contributed by atoms with van der Waals surface area (Å²) in [4.78, 5) is 0. The van der Waals surface area contributed by atoms with Gasteiger partial charge in [0, 0.05) is 19.3 Å². The third-order valence-electron chi connectivity index (χ3n) is 4.22. The van der Waals surface area contributed by atoms with E-state index in [1.54, 1.807) is 0 Å². The van der Waals surface area contributed by atoms with Crippen molar-refractivity contribution >= 4 is 8.56 Å². The predicted octanol–water partition coefficient (Wildman–Crippen LogP) is 4.43. The second kappa shape index (κ2) is 6.18. The van der Waals surface area contributed by atoms with Crippen molar-refractivity contribution in [1.82, 2.24) is 0 Å². The molecule has 0 aliphatic heterocycles. The van der Waals surface area contributed by atoms with Gasteiger partial charge in [-0.1, -0.05) is 18.1 Å². The van der Waals surface area contributed by atoms with Crippen LogP contribution in [0.5, 0.6) is 0 Å². The third kappa shape index (κ3) is 3.14. The molecular weight excluding hydrogens is 240 g/mol. The van der Waals surface area contributed by atoms with Crippen LogP contribution in [0.2, 0.25) is 12.6 Å². The predicted molar refractivity (Wildman–Crippen MR) is 79.9 cm³/mol. The van der Waals surface area contributed by atoms with Gasteiger partial charge in [-0.25, -0.2) is 0 Å². The van der Waals surface area contributed by atoms with Crippen LogP contribution in [0.1, 0.15) is 41.5 Å². The molecule has 0 aromatic rings. The summed E-state index contributed by atoms with van der Waals surface area (Å²) in [6.07, 6.45) is 0. The van der Waals surface area contributed by atoms with E-state index in [2.05, 4.69) is 48.1 Å². The number of hydrogen-bond donors (Lipinski definition) is 0. The van der Waals surface area contributed by atoms with Gasteiger partial charge in [0.15, 0.2) is 0 Å². The molecule has 3 heteroatoms. The highest BCUT2D eigenvalue weighted by molar-refractivity contribution is 6.66. The average Bonchev–Trinajstić information content (AvgIpc) is 2.48. The van der Waals surface area contributed by atoms with Crippen LogP contribution in [0.15, 0.2) is 22.3 Å². The molecule has 104 valence electrons. The fourth-order valence-electron chi connectivity index (χ4n) is 2.83. The Bertz CT molecular complexity index is 363. The average molecular weight is 268 g/mol. The van der Waals surface area contributed by atoms with Gasteiger partial charge in [0.05, 0.1) is 0 Å². The SMILES string of the molecule is CCO[Si](C)(CC1=C(C)C(C)=C(C)C1C)OCC. The zero-order valence-electron chi connectivity index (χ0n) is 13.0. The Kier molecular flexibility index (Phi) is 5.38. The van der Waals surface area contributed by atoms with Gasteiger partial charge in [-0.2, -0.15) is 0 Å². The summed E-state index contributed by atoms with van der Waals surface area (Å²) in [5.74, 6) is 0.553. The molecule has 1 rings (SSSR count). The van der Waals surface area contributed by atoms with E-state index in [4.69, 9.17) is 8.85 Å². The third-order valence-corrected chi connectivity index (χ3v) is 7.04. The normalized spacial score (nSPS) is 21.2. The maximum absolute atomic E-state index is 5.96. The first-order valence-electron chi connectivity index (χ1n) is 7.01. The van der Waals surface area contributed by atoms with E-state index in [1.165, 1.54) is 22.3 Å². The Balaban J connectivity index is 2.90. The fraction of sp³-hybridized carbons (Fsp3) is 0.733. The first-order chi connectivity index (χ1) is 8.36. The summed E-state index contributed by atoms with van der Waals surface area (Å²) in [7, 11) is -2.04. The lowest BCUT2D eigenvalue weighted by Crippen LogP contribution is -2.39. The van der Waals surface area contributed by atoms with Crippen LogP contribution in [0.25, 0.3) is 0 Å². The molecule has 1 unspecified atom stereocenters. The molecule has 1 aliphatic rings. The molecule has 0 radical (unpaired) electrons. The van der Waals surface area contributed by atoms with E-state index in [0.29, 0.717) is 5.92 Å². The van der Waals surface area contributed by atoms with Gasteiger partial charge < -0.3 is 8.85 Å². The van der Waals surface area contributed by atoms with E-state index in [1.807, 2.05) is 0 Å². The Morgan fingerprint density at radius 1 is 1.00 bits per heavy atom. The van der Waals surface area contributed by atoms with Crippen LogP contribution in [0.3, 0.4) is 0 Å². The van der Waals surface area contributed by atoms with Crippen molar-refractivity contribution in [2.75, 3.05) is 13.2 Å². The molecular formula is C15H28O2Si. The number of allylic oxidation sites excluding steroid dienone is 4. The Labute approximate surface area is 113 Å². The van der Waals surface area contributed by atoms with Crippen molar-refractivity contribution in [1.29, 1.82) is 0 Å². The molecule has 0 saturated heterocycles. The summed E-state index contributed by atoms with van der Waals surface area (Å²) >= 11 is 0. The molecule has 18 heavy (non-hydrogen) atoms. The van der Waals surface area contributed by atoms with Gasteiger partial charge in [0.25, 0.3) is 0 Å². The van der Waals surface area contributed by atoms with E-state index >= 15 is 0 Å². The van der Waals surface area contributed by atoms with Gasteiger partial charge in [0.1, 0.15) is 0 Å². The maximum Gasteiger partial charge on any atom is 0.339 e. The summed E-state index contributed by atoms with van der Waals surface area (Å²) in [6.45, 7) is 16.8. The van der Waals surface area contributed by atoms with Crippen molar-refractivity contribution in [3.8, 4) is 0 Å². The minimum Gasteiger partial charge on any atom is -0.394 e. The van der Waals surface area contributed by atoms with Crippen LogP contribution in [-0.4, -0.2) is 21.8 Å². The van der Waals surface area contributed by atoms with E-state index < -0.39 is 8.56 Å². The van der Waals surface area contributed by atoms with Crippen LogP contribution in [0, 0.1) is 5.92 Å². The summed E-state index contributed by atoms with van der Waals surface area (Å²) in [5.41, 5.74) is 5.95. The zero-order valence-corrected chi connectivity index (χ0v) is 14.0. The highest BCUT2D eigenvalue weighted by Crippen LogP contribution is 2.40. The van der Waals surface area contributed by atoms with Crippen molar-refractivity contribution < 1.29 is 8.85 Å². The van der Waals surface area contributed by atoms with E-state index in [-0.39, 0.29) is 0 Å². The minimum atomic E-state index is -2.04. The van der Waals surface area contributed by atoms with E-state index in [0.717, 1.165) is 19.3 Å². The molecule has 0 aromatic heterocycles. The molecule has 0 spiro atoms. The van der Waals surface area contributed by atoms with Crippen LogP contribution >= 0.6 is 0 Å². The Morgan fingerprint density at radius 3 is 1.83 bits per heavy atom. The molecule has 0 heterocycles. The molecule has 0 N–H and O–H groups in total. The maximum atomic E-state index is 5.96. The van der Waals surface area contributed by atoms with Crippen molar-refractivity contribution in [2.45, 2.75) is 54.1 Å². The summed E-state index contributed by atoms with van der Waals surface area (Å²) in [5, 5.41) is 0. The number of hydrogen-bond acceptors (Lipinski definition) is 2. The van der Waals surface area contributed by atoms with Gasteiger partial charge in [-0.3, -0.25) is 0 Å². The Morgan fingerprint density at radius 2 is 1.50 bits per heavy atom. The standard InChI is InChI=1S/C15H28O2Si/c1-8-16-18(7,17-9-2)10-15-13(5)11(3)12(4)14(15)6/h13H,8-10H2,1-7H3. The van der Waals surface area contributed by atoms with Crippen LogP contribution in [-0.2, 0) is 8.85 Å². The lowest BCUT2D eigenvalue weighted by Gasteiger charge is -2.28. The molecule has 0 amide bonds. The van der Waals surface area contributed by atoms with Gasteiger partial charge in [-0.05, 0) is 58.2 Å². The molecule has 1 atom stereocenters. The molecule has 1 aliphatic carbocycles. The highest BCUT2D eigenvalue weighted by atomic mass is 28.4. The number of rotatable bonds is 6. The van der Waals surface area contributed by atoms with Crippen molar-refractivity contribution in [3.05, 3.63) is 22.3 Å². The van der Waals surface area contributed by atoms with Crippen LogP contribution < -0.4 is 0 Å². The molecule has 0 fully saturated rings. The topological polar surface area (TPSA) is 18.5 Å². The van der Waals surface area contributed by atoms with Gasteiger partial charge >= 0.3 is 8.56 Å². The quantitative estimate of drug-likeness (QED) is 0.663. The first kappa shape index (κ1) is 15.7. The summed E-state index contributed by atoms with van der Waals surface area (Å²) < 4.78 is 11.9. The van der Waals surface area contributed by atoms with Gasteiger partial charge in [0.2, 0.25) is 0 Å². The summed E-state index contributed by atoms with van der Waals surface area (Å²) in [6, 6.07) is 0.996. The second-order valence-corrected chi connectivity index (χ2v) is 8.56. The van der Waals surface area contributed by atoms with Crippen molar-refractivity contribution in [3.63, 3.8) is 0 Å². The lowest BCUT2D eigenvalue weighted by atomic mass is 10.00. The second-order valence-electron chi connectivity index (χ2n) is 5.36. The van der Waals surface area contributed by atoms with Crippen molar-refractivity contribution in [2.24, 2.45) is 5.92 Å². The zero-order chi connectivity index (χ0) is 13.9. The minimum absolute atomic E-state index is 0.553. The fourth-order valence-corrected chi connectivity index (χ4v) is 5.61.